The zero-order chi connectivity index (χ0) is 17.4. The van der Waals surface area contributed by atoms with E-state index in [1.807, 2.05) is 4.90 Å². The van der Waals surface area contributed by atoms with E-state index >= 15 is 0 Å². The number of hydrogen-bond donors (Lipinski definition) is 1. The van der Waals surface area contributed by atoms with Gasteiger partial charge in [0.1, 0.15) is 0 Å². The molecule has 2 unspecified atom stereocenters. The Balaban J connectivity index is 1.41. The summed E-state index contributed by atoms with van der Waals surface area (Å²) < 4.78 is 0. The Hall–Kier alpha value is -1.87. The van der Waals surface area contributed by atoms with Crippen LogP contribution in [0.1, 0.15) is 44.1 Å². The van der Waals surface area contributed by atoms with Gasteiger partial charge in [-0.3, -0.25) is 4.79 Å². The second kappa shape index (κ2) is 6.45. The number of likely N-dealkylation sites (tertiary alicyclic amines) is 1. The summed E-state index contributed by atoms with van der Waals surface area (Å²) in [7, 11) is 0. The maximum Gasteiger partial charge on any atom is 0.226 e. The van der Waals surface area contributed by atoms with Gasteiger partial charge in [-0.1, -0.05) is 49.4 Å². The monoisotopic (exact) mass is 337 g/mol. The SMILES string of the molecule is CCC1(CO)CCN(C(=O)C2CC2c2ccc3ccccc3c2)CC1. The van der Waals surface area contributed by atoms with Crippen LogP contribution < -0.4 is 0 Å². The van der Waals surface area contributed by atoms with Crippen LogP contribution in [0.2, 0.25) is 0 Å². The van der Waals surface area contributed by atoms with Gasteiger partial charge in [0.05, 0.1) is 0 Å². The second-order valence-corrected chi connectivity index (χ2v) is 7.89. The molecule has 0 radical (unpaired) electrons. The third kappa shape index (κ3) is 3.06. The van der Waals surface area contributed by atoms with Crippen LogP contribution in [0.4, 0.5) is 0 Å². The van der Waals surface area contributed by atoms with Crippen LogP contribution in [0, 0.1) is 11.3 Å². The van der Waals surface area contributed by atoms with Gasteiger partial charge in [0.25, 0.3) is 0 Å². The first-order chi connectivity index (χ1) is 12.2. The number of aliphatic hydroxyl groups excluding tert-OH is 1. The van der Waals surface area contributed by atoms with E-state index in [1.54, 1.807) is 0 Å². The van der Waals surface area contributed by atoms with Crippen molar-refractivity contribution in [1.82, 2.24) is 4.90 Å². The third-order valence-electron chi connectivity index (χ3n) is 6.53. The number of carbonyl (C=O) groups is 1. The van der Waals surface area contributed by atoms with Gasteiger partial charge < -0.3 is 10.0 Å². The van der Waals surface area contributed by atoms with Crippen molar-refractivity contribution in [1.29, 1.82) is 0 Å². The predicted molar refractivity (Wildman–Crippen MR) is 100 cm³/mol. The Morgan fingerprint density at radius 2 is 1.88 bits per heavy atom. The van der Waals surface area contributed by atoms with Crippen LogP contribution in [-0.4, -0.2) is 35.6 Å². The Morgan fingerprint density at radius 1 is 1.16 bits per heavy atom. The van der Waals surface area contributed by atoms with E-state index in [0.29, 0.717) is 11.8 Å². The minimum Gasteiger partial charge on any atom is -0.396 e. The van der Waals surface area contributed by atoms with Crippen molar-refractivity contribution in [3.05, 3.63) is 48.0 Å². The standard InChI is InChI=1S/C22H27NO2/c1-2-22(15-24)9-11-23(12-10-22)21(25)20-14-19(20)18-8-7-16-5-3-4-6-17(16)13-18/h3-8,13,19-20,24H,2,9-12,14-15H2,1H3. The lowest BCUT2D eigenvalue weighted by molar-refractivity contribution is -0.135. The number of amides is 1. The van der Waals surface area contributed by atoms with Gasteiger partial charge in [-0.05, 0) is 53.4 Å². The van der Waals surface area contributed by atoms with Gasteiger partial charge >= 0.3 is 0 Å². The average molecular weight is 337 g/mol. The Bertz CT molecular complexity index is 770. The molecule has 1 saturated heterocycles. The van der Waals surface area contributed by atoms with E-state index in [-0.39, 0.29) is 17.9 Å². The maximum absolute atomic E-state index is 12.9. The van der Waals surface area contributed by atoms with Crippen molar-refractivity contribution in [3.8, 4) is 0 Å². The summed E-state index contributed by atoms with van der Waals surface area (Å²) in [5, 5.41) is 12.2. The van der Waals surface area contributed by atoms with E-state index in [9.17, 15) is 9.90 Å². The van der Waals surface area contributed by atoms with E-state index in [2.05, 4.69) is 49.4 Å². The number of carbonyl (C=O) groups excluding carboxylic acids is 1. The fourth-order valence-corrected chi connectivity index (χ4v) is 4.33. The fraction of sp³-hybridized carbons (Fsp3) is 0.500. The number of hydrogen-bond acceptors (Lipinski definition) is 2. The van der Waals surface area contributed by atoms with Crippen LogP contribution >= 0.6 is 0 Å². The molecule has 132 valence electrons. The Kier molecular flexibility index (Phi) is 4.28. The third-order valence-corrected chi connectivity index (χ3v) is 6.53. The Labute approximate surface area is 149 Å². The first-order valence-corrected chi connectivity index (χ1v) is 9.54. The van der Waals surface area contributed by atoms with Crippen molar-refractivity contribution < 1.29 is 9.90 Å². The number of rotatable bonds is 4. The molecule has 0 bridgehead atoms. The van der Waals surface area contributed by atoms with Crippen molar-refractivity contribution >= 4 is 16.7 Å². The molecule has 1 amide bonds. The molecule has 1 saturated carbocycles. The highest BCUT2D eigenvalue weighted by molar-refractivity contribution is 5.86. The molecule has 3 heteroatoms. The van der Waals surface area contributed by atoms with Gasteiger partial charge in [-0.25, -0.2) is 0 Å². The molecule has 25 heavy (non-hydrogen) atoms. The highest BCUT2D eigenvalue weighted by Crippen LogP contribution is 2.49. The zero-order valence-electron chi connectivity index (χ0n) is 14.9. The lowest BCUT2D eigenvalue weighted by Gasteiger charge is -2.40. The summed E-state index contributed by atoms with van der Waals surface area (Å²) in [6.45, 7) is 3.99. The molecule has 2 fully saturated rings. The first kappa shape index (κ1) is 16.6. The van der Waals surface area contributed by atoms with E-state index in [1.165, 1.54) is 16.3 Å². The maximum atomic E-state index is 12.9. The summed E-state index contributed by atoms with van der Waals surface area (Å²) in [4.78, 5) is 14.9. The summed E-state index contributed by atoms with van der Waals surface area (Å²) >= 11 is 0. The Morgan fingerprint density at radius 3 is 2.56 bits per heavy atom. The predicted octanol–water partition coefficient (Wildman–Crippen LogP) is 3.95. The number of piperidine rings is 1. The molecule has 0 spiro atoms. The average Bonchev–Trinajstić information content (AvgIpc) is 3.48. The smallest absolute Gasteiger partial charge is 0.226 e. The lowest BCUT2D eigenvalue weighted by atomic mass is 9.77. The molecular weight excluding hydrogens is 310 g/mol. The minimum absolute atomic E-state index is 0.0398. The topological polar surface area (TPSA) is 40.5 Å². The normalized spacial score (nSPS) is 25.1. The molecule has 1 N–H and O–H groups in total. The van der Waals surface area contributed by atoms with Gasteiger partial charge in [0.2, 0.25) is 5.91 Å². The summed E-state index contributed by atoms with van der Waals surface area (Å²) in [6, 6.07) is 15.0. The second-order valence-electron chi connectivity index (χ2n) is 7.89. The first-order valence-electron chi connectivity index (χ1n) is 9.54. The van der Waals surface area contributed by atoms with E-state index in [4.69, 9.17) is 0 Å². The quantitative estimate of drug-likeness (QED) is 0.917. The number of nitrogens with zero attached hydrogens (tertiary/aromatic N) is 1. The van der Waals surface area contributed by atoms with Crippen LogP contribution in [-0.2, 0) is 4.79 Å². The molecule has 1 aliphatic heterocycles. The fourth-order valence-electron chi connectivity index (χ4n) is 4.33. The van der Waals surface area contributed by atoms with Gasteiger partial charge in [-0.2, -0.15) is 0 Å². The molecule has 2 aromatic rings. The molecule has 4 rings (SSSR count). The molecule has 3 nitrogen and oxygen atoms in total. The van der Waals surface area contributed by atoms with E-state index < -0.39 is 0 Å². The molecule has 1 heterocycles. The van der Waals surface area contributed by atoms with Gasteiger partial charge in [0.15, 0.2) is 0 Å². The van der Waals surface area contributed by atoms with Crippen LogP contribution in [0.3, 0.4) is 0 Å². The zero-order valence-corrected chi connectivity index (χ0v) is 14.9. The van der Waals surface area contributed by atoms with E-state index in [0.717, 1.165) is 38.8 Å². The highest BCUT2D eigenvalue weighted by atomic mass is 16.3. The molecule has 2 aliphatic rings. The molecular formula is C22H27NO2. The van der Waals surface area contributed by atoms with Crippen LogP contribution in [0.5, 0.6) is 0 Å². The largest absolute Gasteiger partial charge is 0.396 e. The summed E-state index contributed by atoms with van der Waals surface area (Å²) in [5.41, 5.74) is 1.34. The summed E-state index contributed by atoms with van der Waals surface area (Å²) in [5.74, 6) is 0.859. The molecule has 0 aromatic heterocycles. The lowest BCUT2D eigenvalue weighted by Crippen LogP contribution is -2.45. The molecule has 1 aliphatic carbocycles. The molecule has 2 aromatic carbocycles. The van der Waals surface area contributed by atoms with Gasteiger partial charge in [0, 0.05) is 25.6 Å². The minimum atomic E-state index is 0.0398. The number of benzene rings is 2. The van der Waals surface area contributed by atoms with Crippen molar-refractivity contribution in [3.63, 3.8) is 0 Å². The van der Waals surface area contributed by atoms with Crippen molar-refractivity contribution in [2.45, 2.75) is 38.5 Å². The van der Waals surface area contributed by atoms with Crippen molar-refractivity contribution in [2.24, 2.45) is 11.3 Å². The highest BCUT2D eigenvalue weighted by Gasteiger charge is 2.47. The van der Waals surface area contributed by atoms with Crippen LogP contribution in [0.25, 0.3) is 10.8 Å². The summed E-state index contributed by atoms with van der Waals surface area (Å²) in [6.07, 6.45) is 3.83. The van der Waals surface area contributed by atoms with Crippen LogP contribution in [0.15, 0.2) is 42.5 Å². The number of fused-ring (bicyclic) bond motifs is 1. The molecule has 2 atom stereocenters. The number of aliphatic hydroxyl groups is 1. The van der Waals surface area contributed by atoms with Gasteiger partial charge in [-0.15, -0.1) is 0 Å². The van der Waals surface area contributed by atoms with Crippen molar-refractivity contribution in [2.75, 3.05) is 19.7 Å².